The Morgan fingerprint density at radius 2 is 1.20 bits per heavy atom. The van der Waals surface area contributed by atoms with E-state index in [4.69, 9.17) is 9.47 Å². The molecule has 0 atom stereocenters. The van der Waals surface area contributed by atoms with Gasteiger partial charge in [0.15, 0.2) is 0 Å². The second-order valence-electron chi connectivity index (χ2n) is 5.68. The van der Waals surface area contributed by atoms with E-state index in [1.54, 1.807) is 0 Å². The van der Waals surface area contributed by atoms with Crippen molar-refractivity contribution in [1.29, 1.82) is 0 Å². The normalized spacial score (nSPS) is 10.7. The predicted molar refractivity (Wildman–Crippen MR) is 94.9 cm³/mol. The summed E-state index contributed by atoms with van der Waals surface area (Å²) in [6.45, 7) is 0. The standard InChI is InChI=1S/C20H23NO4/c1-24-18(22)13-17(14-19(23)25-2)21-20(15-9-5-3-6-10-15)16-11-7-4-8-12-16/h3-12,17,20-21H,13-14H2,1-2H3. The maximum Gasteiger partial charge on any atom is 0.307 e. The summed E-state index contributed by atoms with van der Waals surface area (Å²) in [4.78, 5) is 23.5. The van der Waals surface area contributed by atoms with Crippen molar-refractivity contribution in [3.63, 3.8) is 0 Å². The molecule has 2 aromatic rings. The molecule has 25 heavy (non-hydrogen) atoms. The van der Waals surface area contributed by atoms with Crippen LogP contribution in [0.5, 0.6) is 0 Å². The number of benzene rings is 2. The highest BCUT2D eigenvalue weighted by Gasteiger charge is 2.23. The molecule has 0 unspecified atom stereocenters. The maximum absolute atomic E-state index is 11.7. The number of methoxy groups -OCH3 is 2. The van der Waals surface area contributed by atoms with Crippen molar-refractivity contribution in [3.05, 3.63) is 71.8 Å². The van der Waals surface area contributed by atoms with Gasteiger partial charge in [-0.25, -0.2) is 0 Å². The summed E-state index contributed by atoms with van der Waals surface area (Å²) in [7, 11) is 2.67. The third kappa shape index (κ3) is 5.72. The highest BCUT2D eigenvalue weighted by Crippen LogP contribution is 2.23. The summed E-state index contributed by atoms with van der Waals surface area (Å²) in [5, 5.41) is 3.42. The number of nitrogens with one attached hydrogen (secondary N) is 1. The number of hydrogen-bond donors (Lipinski definition) is 1. The van der Waals surface area contributed by atoms with Gasteiger partial charge in [0.2, 0.25) is 0 Å². The summed E-state index contributed by atoms with van der Waals surface area (Å²) in [6.07, 6.45) is 0.170. The molecule has 5 heteroatoms. The van der Waals surface area contributed by atoms with Gasteiger partial charge in [-0.15, -0.1) is 0 Å². The highest BCUT2D eigenvalue weighted by molar-refractivity contribution is 5.73. The first-order chi connectivity index (χ1) is 12.1. The predicted octanol–water partition coefficient (Wildman–Crippen LogP) is 2.86. The lowest BCUT2D eigenvalue weighted by molar-refractivity contribution is -0.143. The lowest BCUT2D eigenvalue weighted by Crippen LogP contribution is -2.37. The van der Waals surface area contributed by atoms with Crippen LogP contribution in [0.25, 0.3) is 0 Å². The lowest BCUT2D eigenvalue weighted by atomic mass is 9.96. The Labute approximate surface area is 148 Å². The Morgan fingerprint density at radius 1 is 0.800 bits per heavy atom. The molecule has 1 N–H and O–H groups in total. The number of rotatable bonds is 8. The molecule has 0 aliphatic carbocycles. The highest BCUT2D eigenvalue weighted by atomic mass is 16.5. The molecular formula is C20H23NO4. The first-order valence-electron chi connectivity index (χ1n) is 8.13. The van der Waals surface area contributed by atoms with Gasteiger partial charge in [0.1, 0.15) is 0 Å². The third-order valence-corrected chi connectivity index (χ3v) is 3.95. The van der Waals surface area contributed by atoms with E-state index < -0.39 is 6.04 Å². The van der Waals surface area contributed by atoms with Gasteiger partial charge in [0.05, 0.1) is 33.1 Å². The number of ether oxygens (including phenoxy) is 2. The molecule has 0 bridgehead atoms. The molecule has 0 saturated heterocycles. The molecule has 0 aliphatic heterocycles. The Bertz CT molecular complexity index is 615. The Morgan fingerprint density at radius 3 is 1.56 bits per heavy atom. The van der Waals surface area contributed by atoms with Gasteiger partial charge >= 0.3 is 11.9 Å². The van der Waals surface area contributed by atoms with E-state index in [0.717, 1.165) is 11.1 Å². The number of carbonyl (C=O) groups excluding carboxylic acids is 2. The second kappa shape index (κ2) is 9.59. The Kier molecular flexibility index (Phi) is 7.16. The van der Waals surface area contributed by atoms with Gasteiger partial charge in [0, 0.05) is 6.04 Å². The minimum atomic E-state index is -0.398. The fourth-order valence-corrected chi connectivity index (χ4v) is 2.67. The smallest absolute Gasteiger partial charge is 0.307 e. The topological polar surface area (TPSA) is 64.6 Å². The average Bonchev–Trinajstić information content (AvgIpc) is 2.67. The molecule has 0 aliphatic rings. The third-order valence-electron chi connectivity index (χ3n) is 3.95. The number of hydrogen-bond acceptors (Lipinski definition) is 5. The van der Waals surface area contributed by atoms with Crippen LogP contribution in [0.1, 0.15) is 30.0 Å². The van der Waals surface area contributed by atoms with E-state index in [2.05, 4.69) is 5.32 Å². The van der Waals surface area contributed by atoms with Gasteiger partial charge < -0.3 is 14.8 Å². The second-order valence-corrected chi connectivity index (χ2v) is 5.68. The molecular weight excluding hydrogens is 318 g/mol. The summed E-state index contributed by atoms with van der Waals surface area (Å²) in [5.74, 6) is -0.748. The molecule has 0 amide bonds. The van der Waals surface area contributed by atoms with Crippen molar-refractivity contribution in [2.75, 3.05) is 14.2 Å². The van der Waals surface area contributed by atoms with Gasteiger partial charge in [-0.2, -0.15) is 0 Å². The van der Waals surface area contributed by atoms with Crippen LogP contribution in [0.3, 0.4) is 0 Å². The lowest BCUT2D eigenvalue weighted by Gasteiger charge is -2.25. The van der Waals surface area contributed by atoms with Crippen LogP contribution in [0.2, 0.25) is 0 Å². The Balaban J connectivity index is 2.28. The van der Waals surface area contributed by atoms with Gasteiger partial charge in [-0.05, 0) is 11.1 Å². The molecule has 2 aromatic carbocycles. The summed E-state index contributed by atoms with van der Waals surface area (Å²) < 4.78 is 9.52. The molecule has 0 saturated carbocycles. The zero-order valence-electron chi connectivity index (χ0n) is 14.5. The zero-order chi connectivity index (χ0) is 18.1. The van der Waals surface area contributed by atoms with E-state index in [1.807, 2.05) is 60.7 Å². The van der Waals surface area contributed by atoms with Gasteiger partial charge in [-0.1, -0.05) is 60.7 Å². The SMILES string of the molecule is COC(=O)CC(CC(=O)OC)NC(c1ccccc1)c1ccccc1. The first-order valence-corrected chi connectivity index (χ1v) is 8.13. The minimum Gasteiger partial charge on any atom is -0.469 e. The van der Waals surface area contributed by atoms with Crippen LogP contribution < -0.4 is 5.32 Å². The van der Waals surface area contributed by atoms with Crippen LogP contribution in [-0.4, -0.2) is 32.2 Å². The molecule has 2 rings (SSSR count). The van der Waals surface area contributed by atoms with Crippen LogP contribution in [0.15, 0.2) is 60.7 Å². The van der Waals surface area contributed by atoms with Crippen LogP contribution >= 0.6 is 0 Å². The van der Waals surface area contributed by atoms with E-state index in [9.17, 15) is 9.59 Å². The average molecular weight is 341 g/mol. The fraction of sp³-hybridized carbons (Fsp3) is 0.300. The minimum absolute atomic E-state index is 0.0851. The van der Waals surface area contributed by atoms with Crippen LogP contribution in [0.4, 0.5) is 0 Å². The molecule has 0 radical (unpaired) electrons. The fourth-order valence-electron chi connectivity index (χ4n) is 2.67. The van der Waals surface area contributed by atoms with E-state index >= 15 is 0 Å². The van der Waals surface area contributed by atoms with Crippen molar-refractivity contribution >= 4 is 11.9 Å². The van der Waals surface area contributed by atoms with Crippen molar-refractivity contribution in [1.82, 2.24) is 5.32 Å². The molecule has 0 fully saturated rings. The first kappa shape index (κ1) is 18.7. The van der Waals surface area contributed by atoms with Crippen LogP contribution in [-0.2, 0) is 19.1 Å². The maximum atomic E-state index is 11.7. The molecule has 0 spiro atoms. The van der Waals surface area contributed by atoms with Gasteiger partial charge in [-0.3, -0.25) is 9.59 Å². The van der Waals surface area contributed by atoms with E-state index in [1.165, 1.54) is 14.2 Å². The van der Waals surface area contributed by atoms with Crippen molar-refractivity contribution in [3.8, 4) is 0 Å². The summed E-state index contributed by atoms with van der Waals surface area (Å²) in [6, 6.07) is 19.2. The van der Waals surface area contributed by atoms with E-state index in [0.29, 0.717) is 0 Å². The number of esters is 2. The number of carbonyl (C=O) groups is 2. The summed E-state index contributed by atoms with van der Waals surface area (Å²) in [5.41, 5.74) is 2.10. The van der Waals surface area contributed by atoms with Crippen molar-refractivity contribution in [2.45, 2.75) is 24.9 Å². The molecule has 0 aromatic heterocycles. The quantitative estimate of drug-likeness (QED) is 0.748. The molecule has 5 nitrogen and oxygen atoms in total. The van der Waals surface area contributed by atoms with E-state index in [-0.39, 0.29) is 30.8 Å². The zero-order valence-corrected chi connectivity index (χ0v) is 14.5. The molecule has 132 valence electrons. The summed E-state index contributed by atoms with van der Waals surface area (Å²) >= 11 is 0. The largest absolute Gasteiger partial charge is 0.469 e. The van der Waals surface area contributed by atoms with Gasteiger partial charge in [0.25, 0.3) is 0 Å². The van der Waals surface area contributed by atoms with Crippen LogP contribution in [0, 0.1) is 0 Å². The van der Waals surface area contributed by atoms with Crippen molar-refractivity contribution < 1.29 is 19.1 Å². The Hall–Kier alpha value is -2.66. The monoisotopic (exact) mass is 341 g/mol. The molecule has 0 heterocycles. The van der Waals surface area contributed by atoms with Crippen molar-refractivity contribution in [2.24, 2.45) is 0 Å².